The van der Waals surface area contributed by atoms with Crippen LogP contribution in [0.1, 0.15) is 30.6 Å². The number of sulfonamides is 1. The molecular formula is C18H22N2O3S2. The average Bonchev–Trinajstić information content (AvgIpc) is 2.61. The zero-order valence-corrected chi connectivity index (χ0v) is 16.1. The fourth-order valence-electron chi connectivity index (χ4n) is 2.13. The molecule has 0 fully saturated rings. The molecule has 7 heteroatoms. The van der Waals surface area contributed by atoms with E-state index >= 15 is 0 Å². The summed E-state index contributed by atoms with van der Waals surface area (Å²) in [5.74, 6) is -0.301. The summed E-state index contributed by atoms with van der Waals surface area (Å²) < 4.78 is 27.7. The van der Waals surface area contributed by atoms with Crippen molar-refractivity contribution in [3.63, 3.8) is 0 Å². The number of hydrogen-bond acceptors (Lipinski definition) is 4. The van der Waals surface area contributed by atoms with E-state index in [4.69, 9.17) is 0 Å². The molecule has 1 amide bonds. The molecule has 2 aromatic carbocycles. The fourth-order valence-corrected chi connectivity index (χ4v) is 3.62. The highest BCUT2D eigenvalue weighted by Gasteiger charge is 2.19. The number of nitrogens with one attached hydrogen (secondary N) is 2. The molecule has 2 N–H and O–H groups in total. The summed E-state index contributed by atoms with van der Waals surface area (Å²) in [5.41, 5.74) is 0.560. The summed E-state index contributed by atoms with van der Waals surface area (Å²) in [6.45, 7) is 3.87. The maximum absolute atomic E-state index is 12.6. The second kappa shape index (κ2) is 8.40. The fraction of sp³-hybridized carbons (Fsp3) is 0.278. The summed E-state index contributed by atoms with van der Waals surface area (Å²) in [7, 11) is -3.77. The highest BCUT2D eigenvalue weighted by molar-refractivity contribution is 7.98. The first-order valence-corrected chi connectivity index (χ1v) is 10.6. The molecule has 0 saturated heterocycles. The third kappa shape index (κ3) is 4.99. The normalized spacial score (nSPS) is 12.4. The lowest BCUT2D eigenvalue weighted by Gasteiger charge is -2.15. The number of amides is 1. The summed E-state index contributed by atoms with van der Waals surface area (Å²) in [5, 5.41) is 2.85. The Morgan fingerprint density at radius 2 is 1.76 bits per heavy atom. The van der Waals surface area contributed by atoms with Crippen molar-refractivity contribution >= 4 is 33.4 Å². The van der Waals surface area contributed by atoms with Gasteiger partial charge in [-0.3, -0.25) is 9.52 Å². The van der Waals surface area contributed by atoms with Crippen LogP contribution in [0.3, 0.4) is 0 Å². The highest BCUT2D eigenvalue weighted by Crippen LogP contribution is 2.22. The lowest BCUT2D eigenvalue weighted by Crippen LogP contribution is -2.32. The van der Waals surface area contributed by atoms with Crippen LogP contribution in [0, 0.1) is 0 Å². The Kier molecular flexibility index (Phi) is 6.50. The Labute approximate surface area is 153 Å². The number of para-hydroxylation sites is 1. The van der Waals surface area contributed by atoms with Gasteiger partial charge in [-0.25, -0.2) is 8.42 Å². The second-order valence-corrected chi connectivity index (χ2v) is 8.17. The van der Waals surface area contributed by atoms with Crippen LogP contribution in [0.25, 0.3) is 0 Å². The molecule has 2 aromatic rings. The van der Waals surface area contributed by atoms with Gasteiger partial charge in [0.1, 0.15) is 0 Å². The van der Waals surface area contributed by atoms with Crippen LogP contribution >= 0.6 is 11.8 Å². The molecule has 0 bridgehead atoms. The molecule has 0 heterocycles. The molecule has 1 atom stereocenters. The molecular weight excluding hydrogens is 356 g/mol. The van der Waals surface area contributed by atoms with E-state index in [2.05, 4.69) is 10.0 Å². The van der Waals surface area contributed by atoms with Crippen LogP contribution in [-0.4, -0.2) is 26.6 Å². The van der Waals surface area contributed by atoms with Crippen LogP contribution < -0.4 is 10.0 Å². The van der Waals surface area contributed by atoms with Crippen LogP contribution in [0.4, 0.5) is 5.69 Å². The molecule has 0 aliphatic carbocycles. The van der Waals surface area contributed by atoms with Crippen LogP contribution in [-0.2, 0) is 10.0 Å². The Morgan fingerprint density at radius 3 is 2.36 bits per heavy atom. The molecule has 0 aromatic heterocycles. The topological polar surface area (TPSA) is 75.3 Å². The predicted octanol–water partition coefficient (Wildman–Crippen LogP) is 3.74. The van der Waals surface area contributed by atoms with Gasteiger partial charge in [0.05, 0.1) is 16.1 Å². The van der Waals surface area contributed by atoms with Gasteiger partial charge in [-0.15, -0.1) is 11.8 Å². The highest BCUT2D eigenvalue weighted by atomic mass is 32.2. The monoisotopic (exact) mass is 378 g/mol. The molecule has 134 valence electrons. The quantitative estimate of drug-likeness (QED) is 0.720. The van der Waals surface area contributed by atoms with E-state index in [1.807, 2.05) is 20.1 Å². The first kappa shape index (κ1) is 19.3. The molecule has 5 nitrogen and oxygen atoms in total. The number of thioether (sulfide) groups is 1. The number of carbonyl (C=O) groups is 1. The van der Waals surface area contributed by atoms with Gasteiger partial charge in [-0.05, 0) is 56.0 Å². The van der Waals surface area contributed by atoms with Crippen LogP contribution in [0.15, 0.2) is 58.3 Å². The second-order valence-electron chi connectivity index (χ2n) is 5.61. The van der Waals surface area contributed by atoms with Gasteiger partial charge < -0.3 is 5.32 Å². The summed E-state index contributed by atoms with van der Waals surface area (Å²) in [4.78, 5) is 13.5. The zero-order valence-electron chi connectivity index (χ0n) is 14.4. The van der Waals surface area contributed by atoms with Crippen molar-refractivity contribution in [1.82, 2.24) is 5.32 Å². The van der Waals surface area contributed by atoms with Crippen molar-refractivity contribution in [2.75, 3.05) is 11.0 Å². The molecule has 25 heavy (non-hydrogen) atoms. The van der Waals surface area contributed by atoms with Crippen molar-refractivity contribution in [1.29, 1.82) is 0 Å². The van der Waals surface area contributed by atoms with Gasteiger partial charge in [0.2, 0.25) is 0 Å². The summed E-state index contributed by atoms with van der Waals surface area (Å²) in [6.07, 6.45) is 2.72. The van der Waals surface area contributed by atoms with Crippen molar-refractivity contribution < 1.29 is 13.2 Å². The Balaban J connectivity index is 2.28. The maximum atomic E-state index is 12.6. The smallest absolute Gasteiger partial charge is 0.261 e. The number of rotatable bonds is 7. The minimum atomic E-state index is -3.77. The molecule has 0 saturated carbocycles. The van der Waals surface area contributed by atoms with E-state index in [-0.39, 0.29) is 22.5 Å². The lowest BCUT2D eigenvalue weighted by atomic mass is 10.1. The minimum absolute atomic E-state index is 0.0104. The first-order chi connectivity index (χ1) is 11.9. The lowest BCUT2D eigenvalue weighted by molar-refractivity contribution is 0.0940. The SMILES string of the molecule is CC[C@@H](C)NC(=O)c1ccccc1NS(=O)(=O)c1ccc(SC)cc1. The van der Waals surface area contributed by atoms with Crippen molar-refractivity contribution in [2.24, 2.45) is 0 Å². The molecule has 0 aliphatic rings. The van der Waals surface area contributed by atoms with Gasteiger partial charge >= 0.3 is 0 Å². The van der Waals surface area contributed by atoms with Crippen LogP contribution in [0.2, 0.25) is 0 Å². The Morgan fingerprint density at radius 1 is 1.12 bits per heavy atom. The van der Waals surface area contributed by atoms with E-state index in [1.54, 1.807) is 48.5 Å². The van der Waals surface area contributed by atoms with E-state index in [0.717, 1.165) is 11.3 Å². The minimum Gasteiger partial charge on any atom is -0.350 e. The third-order valence-corrected chi connectivity index (χ3v) is 5.90. The standard InChI is InChI=1S/C18H22N2O3S2/c1-4-13(2)19-18(21)16-7-5-6-8-17(16)20-25(22,23)15-11-9-14(24-3)10-12-15/h5-13,20H,4H2,1-3H3,(H,19,21)/t13-/m1/s1. The van der Waals surface area contributed by atoms with E-state index < -0.39 is 10.0 Å². The molecule has 2 rings (SSSR count). The molecule has 0 unspecified atom stereocenters. The van der Waals surface area contributed by atoms with Crippen molar-refractivity contribution in [3.8, 4) is 0 Å². The van der Waals surface area contributed by atoms with Gasteiger partial charge in [0, 0.05) is 10.9 Å². The zero-order chi connectivity index (χ0) is 18.4. The van der Waals surface area contributed by atoms with Gasteiger partial charge in [0.25, 0.3) is 15.9 Å². The number of hydrogen-bond donors (Lipinski definition) is 2. The van der Waals surface area contributed by atoms with Crippen LogP contribution in [0.5, 0.6) is 0 Å². The average molecular weight is 379 g/mol. The first-order valence-electron chi connectivity index (χ1n) is 7.94. The maximum Gasteiger partial charge on any atom is 0.261 e. The number of benzene rings is 2. The number of carbonyl (C=O) groups excluding carboxylic acids is 1. The van der Waals surface area contributed by atoms with E-state index in [1.165, 1.54) is 11.8 Å². The summed E-state index contributed by atoms with van der Waals surface area (Å²) >= 11 is 1.54. The Bertz CT molecular complexity index is 834. The van der Waals surface area contributed by atoms with Gasteiger partial charge in [-0.1, -0.05) is 19.1 Å². The number of anilines is 1. The molecule has 0 spiro atoms. The van der Waals surface area contributed by atoms with Crippen molar-refractivity contribution in [3.05, 3.63) is 54.1 Å². The van der Waals surface area contributed by atoms with Gasteiger partial charge in [0.15, 0.2) is 0 Å². The summed E-state index contributed by atoms with van der Waals surface area (Å²) in [6, 6.07) is 13.2. The third-order valence-electron chi connectivity index (χ3n) is 3.78. The largest absolute Gasteiger partial charge is 0.350 e. The van der Waals surface area contributed by atoms with E-state index in [0.29, 0.717) is 5.56 Å². The predicted molar refractivity (Wildman–Crippen MR) is 103 cm³/mol. The molecule has 0 aliphatic heterocycles. The van der Waals surface area contributed by atoms with Crippen molar-refractivity contribution in [2.45, 2.75) is 36.1 Å². The molecule has 0 radical (unpaired) electrons. The van der Waals surface area contributed by atoms with E-state index in [9.17, 15) is 13.2 Å². The van der Waals surface area contributed by atoms with Gasteiger partial charge in [-0.2, -0.15) is 0 Å². The Hall–Kier alpha value is -1.99.